The van der Waals surface area contributed by atoms with E-state index in [1.165, 1.54) is 0 Å². The highest BCUT2D eigenvalue weighted by molar-refractivity contribution is 6.30. The van der Waals surface area contributed by atoms with Gasteiger partial charge < -0.3 is 10.2 Å². The minimum Gasteiger partial charge on any atom is -0.320 e. The zero-order chi connectivity index (χ0) is 17.5. The van der Waals surface area contributed by atoms with Crippen molar-refractivity contribution in [1.82, 2.24) is 4.90 Å². The lowest BCUT2D eigenvalue weighted by Crippen LogP contribution is -2.38. The molecule has 0 aromatic heterocycles. The van der Waals surface area contributed by atoms with Gasteiger partial charge in [0, 0.05) is 23.8 Å². The third-order valence-electron chi connectivity index (χ3n) is 4.43. The van der Waals surface area contributed by atoms with Gasteiger partial charge in [-0.05, 0) is 55.0 Å². The third-order valence-corrected chi connectivity index (χ3v) is 4.67. The molecule has 2 aromatic rings. The number of amides is 2. The van der Waals surface area contributed by atoms with Crippen LogP contribution in [0.2, 0.25) is 5.02 Å². The Balaban J connectivity index is 1.72. The maximum absolute atomic E-state index is 12.8. The average Bonchev–Trinajstić information content (AvgIpc) is 2.63. The van der Waals surface area contributed by atoms with Crippen LogP contribution >= 0.6 is 11.6 Å². The maximum atomic E-state index is 12.8. The summed E-state index contributed by atoms with van der Waals surface area (Å²) in [5.41, 5.74) is 1.86. The number of halogens is 1. The van der Waals surface area contributed by atoms with E-state index >= 15 is 0 Å². The van der Waals surface area contributed by atoms with E-state index in [1.807, 2.05) is 59.5 Å². The predicted octanol–water partition coefficient (Wildman–Crippen LogP) is 5.73. The molecule has 3 rings (SSSR count). The molecule has 0 saturated carbocycles. The number of hydrogen-bond acceptors (Lipinski definition) is 1. The summed E-state index contributed by atoms with van der Waals surface area (Å²) < 4.78 is 0. The van der Waals surface area contributed by atoms with Gasteiger partial charge in [0.15, 0.2) is 0 Å². The van der Waals surface area contributed by atoms with Crippen molar-refractivity contribution in [2.75, 3.05) is 11.9 Å². The largest absolute Gasteiger partial charge is 0.322 e. The molecule has 0 aliphatic heterocycles. The average molecular weight is 355 g/mol. The summed E-state index contributed by atoms with van der Waals surface area (Å²) in [7, 11) is 0. The molecule has 1 unspecified atom stereocenters. The molecule has 130 valence electrons. The molecule has 0 radical (unpaired) electrons. The van der Waals surface area contributed by atoms with Crippen LogP contribution in [0.4, 0.5) is 10.5 Å². The van der Waals surface area contributed by atoms with Crippen LogP contribution in [0, 0.1) is 5.92 Å². The van der Waals surface area contributed by atoms with Crippen LogP contribution in [0.1, 0.15) is 24.8 Å². The van der Waals surface area contributed by atoms with E-state index in [0.29, 0.717) is 17.5 Å². The van der Waals surface area contributed by atoms with Crippen LogP contribution in [-0.2, 0) is 6.54 Å². The molecule has 0 spiro atoms. The lowest BCUT2D eigenvalue weighted by Gasteiger charge is -2.28. The van der Waals surface area contributed by atoms with Gasteiger partial charge >= 0.3 is 6.03 Å². The molecule has 0 heterocycles. The number of nitrogens with one attached hydrogen (secondary N) is 1. The molecule has 0 saturated heterocycles. The minimum atomic E-state index is -0.0688. The van der Waals surface area contributed by atoms with Crippen molar-refractivity contribution in [2.45, 2.75) is 25.8 Å². The standard InChI is InChI=1S/C21H23ClN2O/c22-19-11-7-10-18(14-19)16-24(15-17-8-3-1-4-9-17)21(25)23-20-12-5-2-6-13-20/h1-3,5-7,10-14,17H,4,8-9,15-16H2,(H,23,25). The van der Waals surface area contributed by atoms with Gasteiger partial charge in [-0.2, -0.15) is 0 Å². The molecule has 0 fully saturated rings. The Kier molecular flexibility index (Phi) is 6.13. The smallest absolute Gasteiger partial charge is 0.320 e. The van der Waals surface area contributed by atoms with Gasteiger partial charge in [0.1, 0.15) is 0 Å². The van der Waals surface area contributed by atoms with Crippen LogP contribution in [0.5, 0.6) is 0 Å². The topological polar surface area (TPSA) is 32.3 Å². The van der Waals surface area contributed by atoms with Crippen LogP contribution in [0.25, 0.3) is 0 Å². The Hall–Kier alpha value is -2.26. The summed E-state index contributed by atoms with van der Waals surface area (Å²) in [5, 5.41) is 3.70. The Morgan fingerprint density at radius 1 is 1.12 bits per heavy atom. The van der Waals surface area contributed by atoms with E-state index in [9.17, 15) is 4.79 Å². The highest BCUT2D eigenvalue weighted by atomic mass is 35.5. The molecular weight excluding hydrogens is 332 g/mol. The van der Waals surface area contributed by atoms with Gasteiger partial charge in [-0.15, -0.1) is 0 Å². The van der Waals surface area contributed by atoms with Crippen molar-refractivity contribution < 1.29 is 4.79 Å². The van der Waals surface area contributed by atoms with E-state index in [4.69, 9.17) is 11.6 Å². The predicted molar refractivity (Wildman–Crippen MR) is 104 cm³/mol. The van der Waals surface area contributed by atoms with E-state index < -0.39 is 0 Å². The molecule has 4 heteroatoms. The number of anilines is 1. The number of carbonyl (C=O) groups excluding carboxylic acids is 1. The summed E-state index contributed by atoms with van der Waals surface area (Å²) in [6, 6.07) is 17.2. The highest BCUT2D eigenvalue weighted by Crippen LogP contribution is 2.22. The molecule has 25 heavy (non-hydrogen) atoms. The fourth-order valence-corrected chi connectivity index (χ4v) is 3.35. The molecule has 1 atom stereocenters. The SMILES string of the molecule is O=C(Nc1ccccc1)N(Cc1cccc(Cl)c1)CC1CC=CCC1. The molecule has 1 aliphatic carbocycles. The number of para-hydroxylation sites is 1. The molecule has 1 aliphatic rings. The van der Waals surface area contributed by atoms with E-state index in [1.54, 1.807) is 0 Å². The lowest BCUT2D eigenvalue weighted by atomic mass is 9.94. The number of benzene rings is 2. The first-order valence-corrected chi connectivity index (χ1v) is 9.09. The number of carbonyl (C=O) groups is 1. The minimum absolute atomic E-state index is 0.0688. The monoisotopic (exact) mass is 354 g/mol. The number of urea groups is 1. The molecule has 2 aromatic carbocycles. The summed E-state index contributed by atoms with van der Waals surface area (Å²) in [6.07, 6.45) is 7.70. The molecule has 1 N–H and O–H groups in total. The van der Waals surface area contributed by atoms with Crippen molar-refractivity contribution in [3.63, 3.8) is 0 Å². The first-order chi connectivity index (χ1) is 12.2. The number of hydrogen-bond donors (Lipinski definition) is 1. The van der Waals surface area contributed by atoms with Gasteiger partial charge in [-0.3, -0.25) is 0 Å². The van der Waals surface area contributed by atoms with Gasteiger partial charge in [0.2, 0.25) is 0 Å². The fourth-order valence-electron chi connectivity index (χ4n) is 3.13. The zero-order valence-corrected chi connectivity index (χ0v) is 15.0. The van der Waals surface area contributed by atoms with Crippen LogP contribution in [0.3, 0.4) is 0 Å². The number of rotatable bonds is 5. The van der Waals surface area contributed by atoms with E-state index in [-0.39, 0.29) is 6.03 Å². The van der Waals surface area contributed by atoms with E-state index in [2.05, 4.69) is 17.5 Å². The number of nitrogens with zero attached hydrogens (tertiary/aromatic N) is 1. The Morgan fingerprint density at radius 3 is 2.68 bits per heavy atom. The Morgan fingerprint density at radius 2 is 1.96 bits per heavy atom. The Bertz CT molecular complexity index is 730. The first-order valence-electron chi connectivity index (χ1n) is 8.71. The van der Waals surface area contributed by atoms with Gasteiger partial charge in [0.05, 0.1) is 0 Å². The van der Waals surface area contributed by atoms with Crippen LogP contribution < -0.4 is 5.32 Å². The third kappa shape index (κ3) is 5.36. The first kappa shape index (κ1) is 17.6. The Labute approximate surface area is 154 Å². The van der Waals surface area contributed by atoms with Crippen molar-refractivity contribution in [3.8, 4) is 0 Å². The van der Waals surface area contributed by atoms with Crippen LogP contribution in [-0.4, -0.2) is 17.5 Å². The van der Waals surface area contributed by atoms with Crippen molar-refractivity contribution in [2.24, 2.45) is 5.92 Å². The summed E-state index contributed by atoms with van der Waals surface area (Å²) in [5.74, 6) is 0.505. The molecule has 2 amide bonds. The second kappa shape index (κ2) is 8.72. The second-order valence-electron chi connectivity index (χ2n) is 6.46. The fraction of sp³-hybridized carbons (Fsp3) is 0.286. The lowest BCUT2D eigenvalue weighted by molar-refractivity contribution is 0.195. The summed E-state index contributed by atoms with van der Waals surface area (Å²) >= 11 is 6.10. The zero-order valence-electron chi connectivity index (χ0n) is 14.2. The molecular formula is C21H23ClN2O. The normalized spacial score (nSPS) is 16.4. The van der Waals surface area contributed by atoms with Crippen molar-refractivity contribution in [3.05, 3.63) is 77.3 Å². The van der Waals surface area contributed by atoms with Gasteiger partial charge in [-0.25, -0.2) is 4.79 Å². The highest BCUT2D eigenvalue weighted by Gasteiger charge is 2.20. The maximum Gasteiger partial charge on any atom is 0.322 e. The summed E-state index contributed by atoms with van der Waals surface area (Å²) in [4.78, 5) is 14.7. The number of allylic oxidation sites excluding steroid dienone is 2. The van der Waals surface area contributed by atoms with E-state index in [0.717, 1.165) is 37.1 Å². The van der Waals surface area contributed by atoms with Gasteiger partial charge in [0.25, 0.3) is 0 Å². The quantitative estimate of drug-likeness (QED) is 0.683. The second-order valence-corrected chi connectivity index (χ2v) is 6.89. The van der Waals surface area contributed by atoms with Crippen molar-refractivity contribution in [1.29, 1.82) is 0 Å². The molecule has 3 nitrogen and oxygen atoms in total. The molecule has 0 bridgehead atoms. The van der Waals surface area contributed by atoms with Crippen LogP contribution in [0.15, 0.2) is 66.7 Å². The van der Waals surface area contributed by atoms with Crippen molar-refractivity contribution >= 4 is 23.3 Å². The van der Waals surface area contributed by atoms with Gasteiger partial charge in [-0.1, -0.05) is 54.1 Å². The summed E-state index contributed by atoms with van der Waals surface area (Å²) in [6.45, 7) is 1.30.